The molecule has 2 aliphatic carbocycles. The number of fused-ring (bicyclic) bond motifs is 3. The Morgan fingerprint density at radius 2 is 1.50 bits per heavy atom. The van der Waals surface area contributed by atoms with Gasteiger partial charge in [0.2, 0.25) is 0 Å². The van der Waals surface area contributed by atoms with E-state index in [1.54, 1.807) is 19.1 Å². The fraction of sp³-hybridized carbons (Fsp3) is 0.550. The van der Waals surface area contributed by atoms with Crippen molar-refractivity contribution in [2.75, 3.05) is 0 Å². The van der Waals surface area contributed by atoms with Gasteiger partial charge < -0.3 is 24.4 Å². The van der Waals surface area contributed by atoms with Gasteiger partial charge in [-0.15, -0.1) is 0 Å². The van der Waals surface area contributed by atoms with Crippen LogP contribution in [0.15, 0.2) is 29.2 Å². The van der Waals surface area contributed by atoms with E-state index >= 15 is 0 Å². The lowest BCUT2D eigenvalue weighted by Gasteiger charge is -2.57. The maximum absolute atomic E-state index is 13.2. The van der Waals surface area contributed by atoms with Crippen LogP contribution in [0.4, 0.5) is 4.79 Å². The van der Waals surface area contributed by atoms with Crippen molar-refractivity contribution in [3.8, 4) is 0 Å². The second-order valence-electron chi connectivity index (χ2n) is 8.24. The van der Waals surface area contributed by atoms with Crippen molar-refractivity contribution in [1.29, 1.82) is 0 Å². The van der Waals surface area contributed by atoms with E-state index in [4.69, 9.17) is 14.2 Å². The fourth-order valence-electron chi connectivity index (χ4n) is 4.88. The predicted octanol–water partition coefficient (Wildman–Crippen LogP) is -0.282. The van der Waals surface area contributed by atoms with Crippen molar-refractivity contribution in [2.24, 2.45) is 11.8 Å². The molecule has 11 nitrogen and oxygen atoms in total. The van der Waals surface area contributed by atoms with Crippen LogP contribution in [0, 0.1) is 18.8 Å². The second kappa shape index (κ2) is 7.71. The normalized spacial score (nSPS) is 35.8. The van der Waals surface area contributed by atoms with Crippen LogP contribution in [0.2, 0.25) is 0 Å². The third-order valence-electron chi connectivity index (χ3n) is 6.21. The Morgan fingerprint density at radius 1 is 0.969 bits per heavy atom. The molecule has 1 heterocycles. The van der Waals surface area contributed by atoms with E-state index < -0.39 is 76.5 Å². The van der Waals surface area contributed by atoms with E-state index in [-0.39, 0.29) is 4.90 Å². The van der Waals surface area contributed by atoms with Crippen LogP contribution in [0.25, 0.3) is 0 Å². The van der Waals surface area contributed by atoms with Crippen molar-refractivity contribution in [3.63, 3.8) is 0 Å². The Bertz CT molecular complexity index is 1050. The quantitative estimate of drug-likeness (QED) is 0.444. The number of nitrogens with zero attached hydrogens (tertiary/aromatic N) is 1. The summed E-state index contributed by atoms with van der Waals surface area (Å²) in [4.78, 5) is 35.6. The first-order valence-electron chi connectivity index (χ1n) is 9.97. The molecule has 1 amide bonds. The summed E-state index contributed by atoms with van der Waals surface area (Å²) in [6.07, 6.45) is -7.88. The zero-order valence-corrected chi connectivity index (χ0v) is 18.3. The molecule has 8 atom stereocenters. The molecular weight excluding hydrogens is 446 g/mol. The monoisotopic (exact) mass is 469 g/mol. The highest BCUT2D eigenvalue weighted by Crippen LogP contribution is 2.53. The molecule has 1 aromatic rings. The first kappa shape index (κ1) is 22.5. The van der Waals surface area contributed by atoms with E-state index in [1.807, 2.05) is 0 Å². The average molecular weight is 469 g/mol. The maximum atomic E-state index is 13.2. The topological polar surface area (TPSA) is 157 Å². The second-order valence-corrected chi connectivity index (χ2v) is 10.1. The summed E-state index contributed by atoms with van der Waals surface area (Å²) >= 11 is 0. The minimum atomic E-state index is -4.43. The largest absolute Gasteiger partial charge is 0.458 e. The van der Waals surface area contributed by atoms with Gasteiger partial charge in [-0.3, -0.25) is 9.59 Å². The van der Waals surface area contributed by atoms with Gasteiger partial charge in [-0.2, -0.15) is 4.31 Å². The lowest BCUT2D eigenvalue weighted by Crippen LogP contribution is -2.75. The molecule has 4 rings (SSSR count). The molecule has 0 aromatic heterocycles. The smallest absolute Gasteiger partial charge is 0.424 e. The summed E-state index contributed by atoms with van der Waals surface area (Å²) in [7, 11) is -4.43. The highest BCUT2D eigenvalue weighted by Gasteiger charge is 2.72. The zero-order chi connectivity index (χ0) is 23.5. The molecule has 1 aliphatic heterocycles. The first-order valence-corrected chi connectivity index (χ1v) is 11.4. The van der Waals surface area contributed by atoms with Gasteiger partial charge >= 0.3 is 18.0 Å². The van der Waals surface area contributed by atoms with E-state index in [0.29, 0.717) is 4.31 Å². The molecule has 3 fully saturated rings. The molecule has 0 unspecified atom stereocenters. The van der Waals surface area contributed by atoms with E-state index in [0.717, 1.165) is 19.4 Å². The molecule has 174 valence electrons. The Hall–Kier alpha value is -2.70. The number of aliphatic hydroxyl groups is 2. The molecule has 12 heteroatoms. The van der Waals surface area contributed by atoms with Gasteiger partial charge in [0.25, 0.3) is 10.0 Å². The minimum Gasteiger partial charge on any atom is -0.458 e. The predicted molar refractivity (Wildman–Crippen MR) is 104 cm³/mol. The summed E-state index contributed by atoms with van der Waals surface area (Å²) in [5.41, 5.74) is 0.803. The number of benzene rings is 1. The SMILES string of the molecule is CC(=O)O[C@@H]1[C@@H](OC(C)=O)[C@@H]2[C@@H](O)[C@@H](O)[C@@H]3[C@@H](OC(=O)N3S(=O)(=O)c3ccc(C)cc3)[C@H]12. The van der Waals surface area contributed by atoms with Gasteiger partial charge in [0, 0.05) is 25.7 Å². The van der Waals surface area contributed by atoms with Crippen LogP contribution in [0.3, 0.4) is 0 Å². The number of ether oxygens (including phenoxy) is 3. The van der Waals surface area contributed by atoms with Gasteiger partial charge in [0.15, 0.2) is 0 Å². The molecule has 0 radical (unpaired) electrons. The number of aryl methyl sites for hydroxylation is 1. The number of carbonyl (C=O) groups excluding carboxylic acids is 3. The lowest BCUT2D eigenvalue weighted by molar-refractivity contribution is -0.269. The Balaban J connectivity index is 1.72. The summed E-state index contributed by atoms with van der Waals surface area (Å²) in [5.74, 6) is -3.19. The molecule has 3 aliphatic rings. The number of aliphatic hydroxyl groups excluding tert-OH is 2. The van der Waals surface area contributed by atoms with E-state index in [2.05, 4.69) is 0 Å². The van der Waals surface area contributed by atoms with Gasteiger partial charge in [-0.25, -0.2) is 13.2 Å². The number of rotatable bonds is 4. The van der Waals surface area contributed by atoms with Gasteiger partial charge in [0.05, 0.1) is 11.0 Å². The molecule has 1 saturated heterocycles. The number of amides is 1. The average Bonchev–Trinajstić information content (AvgIpc) is 3.04. The molecular formula is C20H23NO10S. The zero-order valence-electron chi connectivity index (χ0n) is 17.4. The lowest BCUT2D eigenvalue weighted by atomic mass is 9.56. The maximum Gasteiger partial charge on any atom is 0.424 e. The third kappa shape index (κ3) is 3.33. The number of hydrogen-bond donors (Lipinski definition) is 2. The minimum absolute atomic E-state index is 0.188. The van der Waals surface area contributed by atoms with Crippen LogP contribution in [0.1, 0.15) is 19.4 Å². The van der Waals surface area contributed by atoms with Gasteiger partial charge in [-0.05, 0) is 19.1 Å². The Morgan fingerprint density at radius 3 is 2.03 bits per heavy atom. The van der Waals surface area contributed by atoms with Crippen LogP contribution in [-0.2, 0) is 33.8 Å². The summed E-state index contributed by atoms with van der Waals surface area (Å²) in [6.45, 7) is 4.04. The van der Waals surface area contributed by atoms with Gasteiger partial charge in [-0.1, -0.05) is 17.7 Å². The van der Waals surface area contributed by atoms with Crippen LogP contribution >= 0.6 is 0 Å². The summed E-state index contributed by atoms with van der Waals surface area (Å²) in [5, 5.41) is 21.6. The van der Waals surface area contributed by atoms with Crippen LogP contribution in [0.5, 0.6) is 0 Å². The Labute approximate surface area is 183 Å². The molecule has 2 saturated carbocycles. The van der Waals surface area contributed by atoms with Crippen LogP contribution in [-0.4, -0.2) is 77.5 Å². The number of hydrogen-bond acceptors (Lipinski definition) is 10. The van der Waals surface area contributed by atoms with Crippen molar-refractivity contribution in [3.05, 3.63) is 29.8 Å². The number of sulfonamides is 1. The van der Waals surface area contributed by atoms with Crippen molar-refractivity contribution >= 4 is 28.1 Å². The molecule has 0 bridgehead atoms. The van der Waals surface area contributed by atoms with Crippen molar-refractivity contribution in [2.45, 2.75) is 62.2 Å². The summed E-state index contributed by atoms with van der Waals surface area (Å²) in [6, 6.07) is 4.30. The highest BCUT2D eigenvalue weighted by atomic mass is 32.2. The first-order chi connectivity index (χ1) is 14.9. The molecule has 32 heavy (non-hydrogen) atoms. The Kier molecular flexibility index (Phi) is 5.42. The third-order valence-corrected chi connectivity index (χ3v) is 7.98. The highest BCUT2D eigenvalue weighted by molar-refractivity contribution is 7.89. The van der Waals surface area contributed by atoms with Crippen molar-refractivity contribution in [1.82, 2.24) is 4.31 Å². The van der Waals surface area contributed by atoms with Crippen molar-refractivity contribution < 1.29 is 47.2 Å². The van der Waals surface area contributed by atoms with E-state index in [9.17, 15) is 33.0 Å². The number of carbonyl (C=O) groups is 3. The summed E-state index contributed by atoms with van der Waals surface area (Å²) < 4.78 is 42.6. The van der Waals surface area contributed by atoms with Gasteiger partial charge in [0.1, 0.15) is 30.5 Å². The standard InChI is InChI=1S/C20H23NO10S/c1-8-4-6-11(7-5-8)32(27,28)21-14-16(25)15(24)12-13(17(14)31-20(21)26)19(30-10(3)23)18(12)29-9(2)22/h4-7,12-19,24-25H,1-3H3/t12-,13+,14+,15+,16-,17-,18-,19-/m0/s1. The molecule has 0 spiro atoms. The fourth-order valence-corrected chi connectivity index (χ4v) is 6.39. The molecule has 1 aromatic carbocycles. The number of esters is 2. The van der Waals surface area contributed by atoms with E-state index in [1.165, 1.54) is 12.1 Å². The molecule has 2 N–H and O–H groups in total. The van der Waals surface area contributed by atoms with Crippen LogP contribution < -0.4 is 0 Å².